The van der Waals surface area contributed by atoms with Gasteiger partial charge in [-0.25, -0.2) is 0 Å². The third-order valence-electron chi connectivity index (χ3n) is 2.87. The van der Waals surface area contributed by atoms with Gasteiger partial charge in [0.15, 0.2) is 12.0 Å². The minimum Gasteiger partial charge on any atom is -0.497 e. The lowest BCUT2D eigenvalue weighted by atomic mass is 10.2. The molecule has 0 heterocycles. The first-order valence-corrected chi connectivity index (χ1v) is 8.38. The van der Waals surface area contributed by atoms with Crippen molar-refractivity contribution in [3.05, 3.63) is 52.0 Å². The Morgan fingerprint density at radius 2 is 1.96 bits per heavy atom. The normalized spacial score (nSPS) is 10.7. The Morgan fingerprint density at radius 3 is 2.52 bits per heavy atom. The zero-order valence-electron chi connectivity index (χ0n) is 11.8. The van der Waals surface area contributed by atoms with Gasteiger partial charge in [-0.05, 0) is 52.3 Å². The molecular formula is C15H10BrNO5S. The van der Waals surface area contributed by atoms with Crippen molar-refractivity contribution < 1.29 is 22.1 Å². The number of aldehydes is 1. The zero-order chi connectivity index (χ0) is 17.0. The number of carbonyl (C=O) groups excluding carboxylic acids is 1. The quantitative estimate of drug-likeness (QED) is 0.570. The summed E-state index contributed by atoms with van der Waals surface area (Å²) in [4.78, 5) is 10.9. The second kappa shape index (κ2) is 6.81. The molecule has 0 unspecified atom stereocenters. The summed E-state index contributed by atoms with van der Waals surface area (Å²) < 4.78 is 34.9. The maximum absolute atomic E-state index is 12.4. The summed E-state index contributed by atoms with van der Waals surface area (Å²) in [6, 6.07) is 10.1. The van der Waals surface area contributed by atoms with Crippen molar-refractivity contribution in [2.24, 2.45) is 0 Å². The summed E-state index contributed by atoms with van der Waals surface area (Å²) in [6.07, 6.45) is 0.473. The number of nitriles is 1. The van der Waals surface area contributed by atoms with Gasteiger partial charge in [-0.3, -0.25) is 4.79 Å². The van der Waals surface area contributed by atoms with E-state index in [0.717, 1.165) is 0 Å². The van der Waals surface area contributed by atoms with Crippen LogP contribution in [0, 0.1) is 11.3 Å². The van der Waals surface area contributed by atoms with E-state index in [1.165, 1.54) is 43.5 Å². The molecule has 0 radical (unpaired) electrons. The maximum Gasteiger partial charge on any atom is 0.340 e. The van der Waals surface area contributed by atoms with Gasteiger partial charge in [-0.15, -0.1) is 0 Å². The molecule has 118 valence electrons. The van der Waals surface area contributed by atoms with E-state index in [0.29, 0.717) is 17.6 Å². The molecular weight excluding hydrogens is 386 g/mol. The molecule has 0 spiro atoms. The molecule has 0 aliphatic heterocycles. The molecule has 0 saturated heterocycles. The van der Waals surface area contributed by atoms with Crippen LogP contribution in [0.5, 0.6) is 11.5 Å². The van der Waals surface area contributed by atoms with E-state index in [2.05, 4.69) is 15.9 Å². The lowest BCUT2D eigenvalue weighted by molar-refractivity contribution is 0.112. The van der Waals surface area contributed by atoms with Gasteiger partial charge < -0.3 is 8.92 Å². The van der Waals surface area contributed by atoms with Crippen molar-refractivity contribution in [2.45, 2.75) is 4.90 Å². The standard InChI is InChI=1S/C15H10BrNO5S/c1-21-12-3-4-14(11(7-12)9-18)22-23(19,20)15-5-2-10(8-17)6-13(15)16/h2-7,9H,1H3. The van der Waals surface area contributed by atoms with Crippen LogP contribution in [0.15, 0.2) is 45.8 Å². The number of ether oxygens (including phenoxy) is 1. The van der Waals surface area contributed by atoms with Crippen molar-refractivity contribution in [1.29, 1.82) is 5.26 Å². The summed E-state index contributed by atoms with van der Waals surface area (Å²) in [6.45, 7) is 0. The Bertz CT molecular complexity index is 903. The number of hydrogen-bond acceptors (Lipinski definition) is 6. The summed E-state index contributed by atoms with van der Waals surface area (Å²) >= 11 is 3.10. The van der Waals surface area contributed by atoms with Gasteiger partial charge in [0.1, 0.15) is 10.6 Å². The van der Waals surface area contributed by atoms with E-state index in [1.54, 1.807) is 0 Å². The fourth-order valence-corrected chi connectivity index (χ4v) is 3.74. The molecule has 23 heavy (non-hydrogen) atoms. The first-order valence-electron chi connectivity index (χ1n) is 6.18. The molecule has 0 atom stereocenters. The first-order chi connectivity index (χ1) is 10.9. The number of benzene rings is 2. The van der Waals surface area contributed by atoms with Gasteiger partial charge in [0.05, 0.1) is 24.3 Å². The van der Waals surface area contributed by atoms with E-state index in [-0.39, 0.29) is 20.7 Å². The number of carbonyl (C=O) groups is 1. The monoisotopic (exact) mass is 395 g/mol. The Labute approximate surface area is 141 Å². The van der Waals surface area contributed by atoms with Gasteiger partial charge in [0.2, 0.25) is 0 Å². The number of methoxy groups -OCH3 is 1. The van der Waals surface area contributed by atoms with E-state index in [4.69, 9.17) is 14.2 Å². The smallest absolute Gasteiger partial charge is 0.340 e. The van der Waals surface area contributed by atoms with Gasteiger partial charge in [-0.1, -0.05) is 0 Å². The van der Waals surface area contributed by atoms with Crippen molar-refractivity contribution in [3.63, 3.8) is 0 Å². The Hall–Kier alpha value is -2.37. The van der Waals surface area contributed by atoms with Crippen LogP contribution in [0.4, 0.5) is 0 Å². The molecule has 0 aliphatic rings. The third kappa shape index (κ3) is 3.70. The third-order valence-corrected chi connectivity index (χ3v) is 5.09. The van der Waals surface area contributed by atoms with E-state index in [9.17, 15) is 13.2 Å². The first kappa shape index (κ1) is 17.0. The van der Waals surface area contributed by atoms with Gasteiger partial charge in [-0.2, -0.15) is 13.7 Å². The van der Waals surface area contributed by atoms with Gasteiger partial charge in [0.25, 0.3) is 0 Å². The van der Waals surface area contributed by atoms with Crippen molar-refractivity contribution >= 4 is 32.3 Å². The number of halogens is 1. The lowest BCUT2D eigenvalue weighted by Crippen LogP contribution is -2.11. The van der Waals surface area contributed by atoms with Crippen molar-refractivity contribution in [3.8, 4) is 17.6 Å². The molecule has 6 nitrogen and oxygen atoms in total. The molecule has 0 fully saturated rings. The largest absolute Gasteiger partial charge is 0.497 e. The fraction of sp³-hybridized carbons (Fsp3) is 0.0667. The molecule has 2 rings (SSSR count). The Morgan fingerprint density at radius 1 is 1.22 bits per heavy atom. The minimum absolute atomic E-state index is 0.0395. The number of hydrogen-bond donors (Lipinski definition) is 0. The molecule has 0 N–H and O–H groups in total. The molecule has 0 saturated carbocycles. The lowest BCUT2D eigenvalue weighted by Gasteiger charge is -2.11. The van der Waals surface area contributed by atoms with Crippen molar-refractivity contribution in [2.75, 3.05) is 7.11 Å². The molecule has 2 aromatic carbocycles. The van der Waals surface area contributed by atoms with Gasteiger partial charge in [0, 0.05) is 4.47 Å². The van der Waals surface area contributed by atoms with E-state index >= 15 is 0 Å². The van der Waals surface area contributed by atoms with Crippen LogP contribution in [-0.2, 0) is 10.1 Å². The summed E-state index contributed by atoms with van der Waals surface area (Å²) in [5, 5.41) is 8.81. The van der Waals surface area contributed by atoms with E-state index < -0.39 is 10.1 Å². The van der Waals surface area contributed by atoms with Crippen LogP contribution in [0.3, 0.4) is 0 Å². The highest BCUT2D eigenvalue weighted by molar-refractivity contribution is 9.10. The average Bonchev–Trinajstić information content (AvgIpc) is 2.54. The second-order valence-electron chi connectivity index (χ2n) is 4.32. The summed E-state index contributed by atoms with van der Waals surface area (Å²) in [7, 11) is -2.75. The highest BCUT2D eigenvalue weighted by atomic mass is 79.9. The number of rotatable bonds is 5. The Kier molecular flexibility index (Phi) is 5.03. The maximum atomic E-state index is 12.4. The fourth-order valence-electron chi connectivity index (χ4n) is 1.76. The molecule has 0 aliphatic carbocycles. The SMILES string of the molecule is COc1ccc(OS(=O)(=O)c2ccc(C#N)cc2Br)c(C=O)c1. The molecule has 0 amide bonds. The molecule has 0 bridgehead atoms. The van der Waals surface area contributed by atoms with Crippen LogP contribution in [0.25, 0.3) is 0 Å². The van der Waals surface area contributed by atoms with Crippen LogP contribution in [0.2, 0.25) is 0 Å². The minimum atomic E-state index is -4.18. The predicted octanol–water partition coefficient (Wildman–Crippen LogP) is 2.91. The van der Waals surface area contributed by atoms with Gasteiger partial charge >= 0.3 is 10.1 Å². The predicted molar refractivity (Wildman–Crippen MR) is 85.1 cm³/mol. The zero-order valence-corrected chi connectivity index (χ0v) is 14.2. The molecule has 8 heteroatoms. The second-order valence-corrected chi connectivity index (χ2v) is 6.69. The van der Waals surface area contributed by atoms with Crippen LogP contribution < -0.4 is 8.92 Å². The summed E-state index contributed by atoms with van der Waals surface area (Å²) in [5.74, 6) is 0.286. The molecule has 2 aromatic rings. The summed E-state index contributed by atoms with van der Waals surface area (Å²) in [5.41, 5.74) is 0.339. The van der Waals surface area contributed by atoms with Crippen LogP contribution in [-0.4, -0.2) is 21.8 Å². The average molecular weight is 396 g/mol. The molecule has 0 aromatic heterocycles. The highest BCUT2D eigenvalue weighted by Gasteiger charge is 2.22. The van der Waals surface area contributed by atoms with E-state index in [1.807, 2.05) is 6.07 Å². The topological polar surface area (TPSA) is 93.5 Å². The van der Waals surface area contributed by atoms with Crippen LogP contribution >= 0.6 is 15.9 Å². The highest BCUT2D eigenvalue weighted by Crippen LogP contribution is 2.29. The van der Waals surface area contributed by atoms with Crippen molar-refractivity contribution in [1.82, 2.24) is 0 Å². The van der Waals surface area contributed by atoms with Crippen LogP contribution in [0.1, 0.15) is 15.9 Å². The Balaban J connectivity index is 2.43. The number of nitrogens with zero attached hydrogens (tertiary/aromatic N) is 1.